The van der Waals surface area contributed by atoms with Gasteiger partial charge in [0.1, 0.15) is 12.4 Å². The van der Waals surface area contributed by atoms with Crippen LogP contribution in [0.2, 0.25) is 0 Å². The van der Waals surface area contributed by atoms with Crippen molar-refractivity contribution in [1.29, 1.82) is 0 Å². The summed E-state index contributed by atoms with van der Waals surface area (Å²) in [6, 6.07) is 15.0. The molecule has 0 saturated heterocycles. The molecule has 8 heteroatoms. The lowest BCUT2D eigenvalue weighted by Crippen LogP contribution is -2.50. The molecule has 0 aliphatic carbocycles. The Morgan fingerprint density at radius 3 is 2.50 bits per heavy atom. The van der Waals surface area contributed by atoms with Crippen molar-refractivity contribution >= 4 is 11.8 Å². The summed E-state index contributed by atoms with van der Waals surface area (Å²) in [7, 11) is 0. The minimum atomic E-state index is -0.897. The normalized spacial score (nSPS) is 14.8. The Morgan fingerprint density at radius 2 is 1.73 bits per heavy atom. The number of nitrogens with zero attached hydrogens (tertiary/aromatic N) is 1. The van der Waals surface area contributed by atoms with Gasteiger partial charge in [-0.1, -0.05) is 24.3 Å². The summed E-state index contributed by atoms with van der Waals surface area (Å²) in [5.74, 6) is -0.430. The van der Waals surface area contributed by atoms with Crippen molar-refractivity contribution in [3.05, 3.63) is 77.4 Å². The Balaban J connectivity index is 1.44. The van der Waals surface area contributed by atoms with Crippen LogP contribution in [0.4, 0.5) is 4.39 Å². The summed E-state index contributed by atoms with van der Waals surface area (Å²) in [6.07, 6.45) is -0.897. The number of nitrogens with one attached hydrogen (secondary N) is 2. The van der Waals surface area contributed by atoms with Crippen molar-refractivity contribution in [2.24, 2.45) is 0 Å². The number of aromatic nitrogens is 1. The number of halogens is 1. The largest absolute Gasteiger partial charge is 0.485 e. The van der Waals surface area contributed by atoms with E-state index in [2.05, 4.69) is 10.9 Å². The predicted octanol–water partition coefficient (Wildman–Crippen LogP) is 2.83. The van der Waals surface area contributed by atoms with Crippen LogP contribution >= 0.6 is 0 Å². The minimum absolute atomic E-state index is 0.0283. The van der Waals surface area contributed by atoms with E-state index in [9.17, 15) is 14.0 Å². The van der Waals surface area contributed by atoms with Gasteiger partial charge in [0.25, 0.3) is 11.8 Å². The number of fused-ring (bicyclic) bond motifs is 1. The summed E-state index contributed by atoms with van der Waals surface area (Å²) in [6.45, 7) is 3.52. The van der Waals surface area contributed by atoms with Crippen molar-refractivity contribution in [1.82, 2.24) is 15.4 Å². The Labute approximate surface area is 172 Å². The van der Waals surface area contributed by atoms with Crippen molar-refractivity contribution in [2.75, 3.05) is 6.61 Å². The molecular formula is C22H20FN3O4. The van der Waals surface area contributed by atoms with E-state index in [4.69, 9.17) is 9.47 Å². The summed E-state index contributed by atoms with van der Waals surface area (Å²) < 4.78 is 27.0. The van der Waals surface area contributed by atoms with E-state index in [1.807, 2.05) is 0 Å². The van der Waals surface area contributed by atoms with Gasteiger partial charge in [0.2, 0.25) is 6.10 Å². The predicted molar refractivity (Wildman–Crippen MR) is 107 cm³/mol. The zero-order valence-electron chi connectivity index (χ0n) is 16.4. The van der Waals surface area contributed by atoms with Crippen LogP contribution in [0.1, 0.15) is 21.7 Å². The van der Waals surface area contributed by atoms with Gasteiger partial charge in [0.15, 0.2) is 11.5 Å². The molecule has 1 aliphatic heterocycles. The molecule has 1 atom stereocenters. The first kappa shape index (κ1) is 19.5. The number of aryl methyl sites for hydroxylation is 1. The van der Waals surface area contributed by atoms with Gasteiger partial charge in [-0.15, -0.1) is 0 Å². The number of ether oxygens (including phenoxy) is 2. The number of amides is 2. The first-order valence-electron chi connectivity index (χ1n) is 9.38. The third-order valence-electron chi connectivity index (χ3n) is 4.87. The lowest BCUT2D eigenvalue weighted by atomic mass is 10.2. The quantitative estimate of drug-likeness (QED) is 0.652. The number of hydrogen-bond acceptors (Lipinski definition) is 4. The van der Waals surface area contributed by atoms with Gasteiger partial charge in [-0.25, -0.2) is 4.39 Å². The van der Waals surface area contributed by atoms with Crippen LogP contribution in [0.15, 0.2) is 54.6 Å². The standard InChI is InChI=1S/C22H20FN3O4/c1-13-11-15(14(2)26(13)17-8-4-3-7-16(17)23)21(27)24-25-22(28)20-12-29-18-9-5-6-10-19(18)30-20/h3-11,20H,12H2,1-2H3,(H,24,27)(H,25,28). The van der Waals surface area contributed by atoms with Crippen LogP contribution < -0.4 is 20.3 Å². The van der Waals surface area contributed by atoms with Gasteiger partial charge in [-0.3, -0.25) is 20.4 Å². The van der Waals surface area contributed by atoms with E-state index in [1.54, 1.807) is 66.9 Å². The fraction of sp³-hybridized carbons (Fsp3) is 0.182. The van der Waals surface area contributed by atoms with Crippen molar-refractivity contribution in [2.45, 2.75) is 20.0 Å². The molecule has 0 spiro atoms. The maximum atomic E-state index is 14.2. The molecule has 0 radical (unpaired) electrons. The first-order chi connectivity index (χ1) is 14.5. The average Bonchev–Trinajstić information content (AvgIpc) is 3.05. The van der Waals surface area contributed by atoms with Crippen LogP contribution in [-0.4, -0.2) is 29.1 Å². The lowest BCUT2D eigenvalue weighted by molar-refractivity contribution is -0.131. The highest BCUT2D eigenvalue weighted by Crippen LogP contribution is 2.30. The van der Waals surface area contributed by atoms with Crippen LogP contribution in [0.5, 0.6) is 11.5 Å². The Bertz CT molecular complexity index is 1130. The highest BCUT2D eigenvalue weighted by molar-refractivity contribution is 5.97. The van der Waals surface area contributed by atoms with Crippen LogP contribution in [0.3, 0.4) is 0 Å². The second-order valence-electron chi connectivity index (χ2n) is 6.88. The van der Waals surface area contributed by atoms with E-state index >= 15 is 0 Å². The number of benzene rings is 2. The maximum absolute atomic E-state index is 14.2. The number of hydrogen-bond donors (Lipinski definition) is 2. The summed E-state index contributed by atoms with van der Waals surface area (Å²) in [5.41, 5.74) is 6.66. The molecule has 1 unspecified atom stereocenters. The van der Waals surface area contributed by atoms with Gasteiger partial charge in [-0.05, 0) is 44.2 Å². The van der Waals surface area contributed by atoms with E-state index < -0.39 is 23.7 Å². The molecule has 0 saturated carbocycles. The van der Waals surface area contributed by atoms with E-state index in [1.165, 1.54) is 6.07 Å². The number of carbonyl (C=O) groups is 2. The number of rotatable bonds is 3. The summed E-state index contributed by atoms with van der Waals surface area (Å²) >= 11 is 0. The van der Waals surface area contributed by atoms with Gasteiger partial charge >= 0.3 is 0 Å². The van der Waals surface area contributed by atoms with Gasteiger partial charge in [0, 0.05) is 11.4 Å². The molecular weight excluding hydrogens is 389 g/mol. The second-order valence-corrected chi connectivity index (χ2v) is 6.88. The molecule has 2 amide bonds. The van der Waals surface area contributed by atoms with Crippen molar-refractivity contribution in [3.8, 4) is 17.2 Å². The van der Waals surface area contributed by atoms with Crippen LogP contribution in [0.25, 0.3) is 5.69 Å². The second kappa shape index (κ2) is 7.90. The van der Waals surface area contributed by atoms with Crippen LogP contribution in [0, 0.1) is 19.7 Å². The lowest BCUT2D eigenvalue weighted by Gasteiger charge is -2.25. The van der Waals surface area contributed by atoms with E-state index in [0.717, 1.165) is 0 Å². The molecule has 30 heavy (non-hydrogen) atoms. The molecule has 4 rings (SSSR count). The summed E-state index contributed by atoms with van der Waals surface area (Å²) in [4.78, 5) is 25.0. The molecule has 154 valence electrons. The molecule has 0 fully saturated rings. The van der Waals surface area contributed by atoms with Crippen molar-refractivity contribution in [3.63, 3.8) is 0 Å². The Hall–Kier alpha value is -3.81. The zero-order valence-corrected chi connectivity index (χ0v) is 16.4. The van der Waals surface area contributed by atoms with E-state index in [0.29, 0.717) is 34.1 Å². The summed E-state index contributed by atoms with van der Waals surface area (Å²) in [5, 5.41) is 0. The number of carbonyl (C=O) groups excluding carboxylic acids is 2. The minimum Gasteiger partial charge on any atom is -0.485 e. The van der Waals surface area contributed by atoms with Gasteiger partial charge in [0.05, 0.1) is 11.3 Å². The molecule has 2 aromatic carbocycles. The SMILES string of the molecule is Cc1cc(C(=O)NNC(=O)C2COc3ccccc3O2)c(C)n1-c1ccccc1F. The van der Waals surface area contributed by atoms with Crippen LogP contribution in [-0.2, 0) is 4.79 Å². The Kier molecular flexibility index (Phi) is 5.14. The molecule has 2 heterocycles. The Morgan fingerprint density at radius 1 is 1.03 bits per heavy atom. The maximum Gasteiger partial charge on any atom is 0.283 e. The number of para-hydroxylation sites is 3. The van der Waals surface area contributed by atoms with Gasteiger partial charge < -0.3 is 14.0 Å². The average molecular weight is 409 g/mol. The monoisotopic (exact) mass is 409 g/mol. The molecule has 0 bridgehead atoms. The first-order valence-corrected chi connectivity index (χ1v) is 9.38. The topological polar surface area (TPSA) is 81.6 Å². The van der Waals surface area contributed by atoms with Gasteiger partial charge in [-0.2, -0.15) is 0 Å². The number of hydrazine groups is 1. The molecule has 2 N–H and O–H groups in total. The fourth-order valence-electron chi connectivity index (χ4n) is 3.41. The molecule has 7 nitrogen and oxygen atoms in total. The molecule has 1 aromatic heterocycles. The molecule has 1 aliphatic rings. The third kappa shape index (κ3) is 3.59. The highest BCUT2D eigenvalue weighted by Gasteiger charge is 2.28. The zero-order chi connectivity index (χ0) is 21.3. The third-order valence-corrected chi connectivity index (χ3v) is 4.87. The molecule has 3 aromatic rings. The van der Waals surface area contributed by atoms with Crippen molar-refractivity contribution < 1.29 is 23.5 Å². The smallest absolute Gasteiger partial charge is 0.283 e. The highest BCUT2D eigenvalue weighted by atomic mass is 19.1. The fourth-order valence-corrected chi connectivity index (χ4v) is 3.41. The van der Waals surface area contributed by atoms with E-state index in [-0.39, 0.29) is 6.61 Å².